The Kier molecular flexibility index (Phi) is 8.38. The van der Waals surface area contributed by atoms with Crippen molar-refractivity contribution in [1.82, 2.24) is 10.2 Å². The Hall–Kier alpha value is -1.43. The summed E-state index contributed by atoms with van der Waals surface area (Å²) >= 11 is 0. The van der Waals surface area contributed by atoms with Crippen LogP contribution in [0.3, 0.4) is 0 Å². The monoisotopic (exact) mass is 348 g/mol. The third-order valence-electron chi connectivity index (χ3n) is 4.53. The quantitative estimate of drug-likeness (QED) is 0.745. The summed E-state index contributed by atoms with van der Waals surface area (Å²) in [6.45, 7) is 10.8. The first-order valence-electron chi connectivity index (χ1n) is 9.31. The second kappa shape index (κ2) is 10.5. The number of nitrogens with one attached hydrogen (secondary N) is 1. The predicted molar refractivity (Wildman–Crippen MR) is 99.3 cm³/mol. The highest BCUT2D eigenvalue weighted by Crippen LogP contribution is 2.13. The molecule has 1 aliphatic rings. The fourth-order valence-electron chi connectivity index (χ4n) is 3.08. The van der Waals surface area contributed by atoms with Crippen LogP contribution >= 0.6 is 0 Å². The lowest BCUT2D eigenvalue weighted by molar-refractivity contribution is -0.132. The van der Waals surface area contributed by atoms with Crippen molar-refractivity contribution >= 4 is 5.91 Å². The first kappa shape index (κ1) is 19.9. The van der Waals surface area contributed by atoms with Crippen LogP contribution in [0.25, 0.3) is 0 Å². The maximum absolute atomic E-state index is 12.4. The van der Waals surface area contributed by atoms with Crippen LogP contribution in [-0.4, -0.2) is 55.8 Å². The van der Waals surface area contributed by atoms with E-state index in [1.54, 1.807) is 0 Å². The maximum Gasteiger partial charge on any atom is 0.248 e. The standard InChI is InChI=1S/C20H32N2O3/c1-16(2)13-19(22-9-11-24-12-10-22)14-21-20(23)17(3)25-15-18-7-5-4-6-8-18/h4-8,16-17,19H,9-15H2,1-3H3,(H,21,23)/t17-,19+/m0/s1. The lowest BCUT2D eigenvalue weighted by Gasteiger charge is -2.35. The van der Waals surface area contributed by atoms with Gasteiger partial charge in [0.15, 0.2) is 0 Å². The first-order chi connectivity index (χ1) is 12.1. The average molecular weight is 348 g/mol. The molecule has 0 aromatic heterocycles. The molecular weight excluding hydrogens is 316 g/mol. The minimum absolute atomic E-state index is 0.0436. The third kappa shape index (κ3) is 7.14. The predicted octanol–water partition coefficient (Wildman–Crippen LogP) is 2.45. The Morgan fingerprint density at radius 3 is 2.52 bits per heavy atom. The highest BCUT2D eigenvalue weighted by atomic mass is 16.5. The van der Waals surface area contributed by atoms with Gasteiger partial charge in [-0.2, -0.15) is 0 Å². The van der Waals surface area contributed by atoms with Crippen LogP contribution < -0.4 is 5.32 Å². The minimum atomic E-state index is -0.454. The van der Waals surface area contributed by atoms with Crippen molar-refractivity contribution in [1.29, 1.82) is 0 Å². The molecule has 2 atom stereocenters. The van der Waals surface area contributed by atoms with Crippen LogP contribution in [0.4, 0.5) is 0 Å². The summed E-state index contributed by atoms with van der Waals surface area (Å²) in [6, 6.07) is 10.3. The van der Waals surface area contributed by atoms with Gasteiger partial charge in [-0.3, -0.25) is 9.69 Å². The van der Waals surface area contributed by atoms with Gasteiger partial charge in [-0.1, -0.05) is 44.2 Å². The molecule has 0 radical (unpaired) electrons. The Balaban J connectivity index is 1.78. The van der Waals surface area contributed by atoms with Crippen LogP contribution in [0.5, 0.6) is 0 Å². The van der Waals surface area contributed by atoms with E-state index in [-0.39, 0.29) is 5.91 Å². The van der Waals surface area contributed by atoms with Crippen LogP contribution in [-0.2, 0) is 20.9 Å². The fourth-order valence-corrected chi connectivity index (χ4v) is 3.08. The smallest absolute Gasteiger partial charge is 0.248 e. The van der Waals surface area contributed by atoms with Gasteiger partial charge in [-0.15, -0.1) is 0 Å². The molecule has 0 aliphatic carbocycles. The Bertz CT molecular complexity index is 501. The van der Waals surface area contributed by atoms with E-state index in [1.807, 2.05) is 37.3 Å². The number of carbonyl (C=O) groups excluding carboxylic acids is 1. The molecule has 1 fully saturated rings. The molecule has 1 heterocycles. The second-order valence-corrected chi connectivity index (χ2v) is 7.12. The van der Waals surface area contributed by atoms with Crippen molar-refractivity contribution < 1.29 is 14.3 Å². The number of hydrogen-bond donors (Lipinski definition) is 1. The number of benzene rings is 1. The van der Waals surface area contributed by atoms with Crippen molar-refractivity contribution in [2.45, 2.75) is 45.9 Å². The van der Waals surface area contributed by atoms with E-state index in [2.05, 4.69) is 24.1 Å². The molecule has 0 spiro atoms. The average Bonchev–Trinajstić information content (AvgIpc) is 2.64. The number of morpholine rings is 1. The second-order valence-electron chi connectivity index (χ2n) is 7.12. The van der Waals surface area contributed by atoms with Crippen LogP contribution in [0, 0.1) is 5.92 Å². The van der Waals surface area contributed by atoms with Gasteiger partial charge in [-0.05, 0) is 24.8 Å². The molecule has 1 aliphatic heterocycles. The van der Waals surface area contributed by atoms with Crippen LogP contribution in [0.1, 0.15) is 32.8 Å². The molecule has 1 aromatic carbocycles. The van der Waals surface area contributed by atoms with Gasteiger partial charge in [0.25, 0.3) is 0 Å². The molecule has 5 heteroatoms. The summed E-state index contributed by atoms with van der Waals surface area (Å²) < 4.78 is 11.1. The number of hydrogen-bond acceptors (Lipinski definition) is 4. The number of ether oxygens (including phenoxy) is 2. The minimum Gasteiger partial charge on any atom is -0.379 e. The maximum atomic E-state index is 12.4. The van der Waals surface area contributed by atoms with E-state index < -0.39 is 6.10 Å². The highest BCUT2D eigenvalue weighted by Gasteiger charge is 2.23. The van der Waals surface area contributed by atoms with Gasteiger partial charge in [-0.25, -0.2) is 0 Å². The Morgan fingerprint density at radius 1 is 1.20 bits per heavy atom. The zero-order valence-electron chi connectivity index (χ0n) is 15.7. The van der Waals surface area contributed by atoms with Gasteiger partial charge in [0, 0.05) is 25.7 Å². The van der Waals surface area contributed by atoms with Crippen LogP contribution in [0.15, 0.2) is 30.3 Å². The Morgan fingerprint density at radius 2 is 1.88 bits per heavy atom. The molecule has 1 aromatic rings. The zero-order chi connectivity index (χ0) is 18.1. The molecule has 140 valence electrons. The van der Waals surface area contributed by atoms with Crippen molar-refractivity contribution in [3.63, 3.8) is 0 Å². The Labute approximate surface area is 151 Å². The molecule has 1 amide bonds. The summed E-state index contributed by atoms with van der Waals surface area (Å²) in [4.78, 5) is 14.8. The summed E-state index contributed by atoms with van der Waals surface area (Å²) in [5.74, 6) is 0.550. The van der Waals surface area contributed by atoms with Gasteiger partial charge in [0.1, 0.15) is 6.10 Å². The molecule has 0 bridgehead atoms. The van der Waals surface area contributed by atoms with Gasteiger partial charge in [0.05, 0.1) is 19.8 Å². The number of rotatable bonds is 9. The number of carbonyl (C=O) groups is 1. The van der Waals surface area contributed by atoms with E-state index >= 15 is 0 Å². The lowest BCUT2D eigenvalue weighted by atomic mass is 10.0. The summed E-state index contributed by atoms with van der Waals surface area (Å²) in [5, 5.41) is 3.08. The molecule has 2 rings (SSSR count). The largest absolute Gasteiger partial charge is 0.379 e. The van der Waals surface area contributed by atoms with Crippen molar-refractivity contribution in [3.05, 3.63) is 35.9 Å². The molecule has 0 unspecified atom stereocenters. The van der Waals surface area contributed by atoms with E-state index in [0.29, 0.717) is 25.1 Å². The molecular formula is C20H32N2O3. The highest BCUT2D eigenvalue weighted by molar-refractivity contribution is 5.80. The van der Waals surface area contributed by atoms with E-state index in [1.165, 1.54) is 0 Å². The van der Waals surface area contributed by atoms with Gasteiger partial charge >= 0.3 is 0 Å². The fraction of sp³-hybridized carbons (Fsp3) is 0.650. The van der Waals surface area contributed by atoms with E-state index in [4.69, 9.17) is 9.47 Å². The van der Waals surface area contributed by atoms with Crippen molar-refractivity contribution in [2.75, 3.05) is 32.8 Å². The third-order valence-corrected chi connectivity index (χ3v) is 4.53. The first-order valence-corrected chi connectivity index (χ1v) is 9.31. The molecule has 5 nitrogen and oxygen atoms in total. The van der Waals surface area contributed by atoms with Crippen molar-refractivity contribution in [3.8, 4) is 0 Å². The SMILES string of the molecule is CC(C)C[C@H](CNC(=O)[C@H](C)OCc1ccccc1)N1CCOCC1. The molecule has 0 saturated carbocycles. The number of nitrogens with zero attached hydrogens (tertiary/aromatic N) is 1. The van der Waals surface area contributed by atoms with E-state index in [0.717, 1.165) is 38.3 Å². The summed E-state index contributed by atoms with van der Waals surface area (Å²) in [5.41, 5.74) is 1.08. The van der Waals surface area contributed by atoms with Gasteiger partial charge in [0.2, 0.25) is 5.91 Å². The molecule has 25 heavy (non-hydrogen) atoms. The normalized spacial score (nSPS) is 18.1. The van der Waals surface area contributed by atoms with E-state index in [9.17, 15) is 4.79 Å². The molecule has 1 saturated heterocycles. The molecule has 1 N–H and O–H groups in total. The van der Waals surface area contributed by atoms with Crippen molar-refractivity contribution in [2.24, 2.45) is 5.92 Å². The van der Waals surface area contributed by atoms with Gasteiger partial charge < -0.3 is 14.8 Å². The number of amides is 1. The van der Waals surface area contributed by atoms with Crippen LogP contribution in [0.2, 0.25) is 0 Å². The lowest BCUT2D eigenvalue weighted by Crippen LogP contribution is -2.50. The topological polar surface area (TPSA) is 50.8 Å². The zero-order valence-corrected chi connectivity index (χ0v) is 15.7. The summed E-state index contributed by atoms with van der Waals surface area (Å²) in [6.07, 6.45) is 0.615. The summed E-state index contributed by atoms with van der Waals surface area (Å²) in [7, 11) is 0.